The van der Waals surface area contributed by atoms with Crippen molar-refractivity contribution < 1.29 is 24.2 Å². The van der Waals surface area contributed by atoms with Gasteiger partial charge in [0.25, 0.3) is 0 Å². The summed E-state index contributed by atoms with van der Waals surface area (Å²) >= 11 is 0. The topological polar surface area (TPSA) is 76.1 Å². The van der Waals surface area contributed by atoms with Crippen molar-refractivity contribution in [1.82, 2.24) is 4.90 Å². The van der Waals surface area contributed by atoms with E-state index in [1.807, 2.05) is 65.0 Å². The molecule has 0 aliphatic carbocycles. The lowest BCUT2D eigenvalue weighted by molar-refractivity contribution is -0.168. The van der Waals surface area contributed by atoms with E-state index >= 15 is 0 Å². The van der Waals surface area contributed by atoms with Crippen LogP contribution in [0.2, 0.25) is 0 Å². The molecule has 6 heteroatoms. The Morgan fingerprint density at radius 3 is 2.17 bits per heavy atom. The van der Waals surface area contributed by atoms with Gasteiger partial charge >= 0.3 is 12.1 Å². The van der Waals surface area contributed by atoms with Crippen LogP contribution >= 0.6 is 0 Å². The molecule has 29 heavy (non-hydrogen) atoms. The molecule has 2 rings (SSSR count). The van der Waals surface area contributed by atoms with Gasteiger partial charge in [-0.05, 0) is 59.4 Å². The third-order valence-corrected chi connectivity index (χ3v) is 5.81. The Bertz CT molecular complexity index is 737. The highest BCUT2D eigenvalue weighted by atomic mass is 16.6. The van der Waals surface area contributed by atoms with Crippen LogP contribution in [0.4, 0.5) is 4.79 Å². The zero-order chi connectivity index (χ0) is 22.2. The Balaban J connectivity index is 2.55. The van der Waals surface area contributed by atoms with Gasteiger partial charge in [-0.3, -0.25) is 9.69 Å². The van der Waals surface area contributed by atoms with Gasteiger partial charge in [-0.2, -0.15) is 0 Å². The third kappa shape index (κ3) is 4.74. The Labute approximate surface area is 174 Å². The highest BCUT2D eigenvalue weighted by molar-refractivity contribution is 5.76. The zero-order valence-corrected chi connectivity index (χ0v) is 18.9. The van der Waals surface area contributed by atoms with Gasteiger partial charge in [0, 0.05) is 0 Å². The van der Waals surface area contributed by atoms with Crippen molar-refractivity contribution in [2.45, 2.75) is 85.3 Å². The second-order valence-electron chi connectivity index (χ2n) is 9.84. The summed E-state index contributed by atoms with van der Waals surface area (Å²) in [5, 5.41) is 10.1. The van der Waals surface area contributed by atoms with Crippen LogP contribution in [-0.4, -0.2) is 45.5 Å². The normalized spacial score (nSPS) is 23.7. The molecular formula is C23H35NO5. The molecule has 0 spiro atoms. The summed E-state index contributed by atoms with van der Waals surface area (Å²) in [6, 6.07) is 9.26. The molecule has 0 aromatic heterocycles. The maximum atomic E-state index is 13.2. The molecule has 1 aliphatic rings. The second kappa shape index (κ2) is 7.98. The summed E-state index contributed by atoms with van der Waals surface area (Å²) in [5.74, 6) is -1.13. The molecule has 1 amide bonds. The fraction of sp³-hybridized carbons (Fsp3) is 0.652. The Morgan fingerprint density at radius 2 is 1.72 bits per heavy atom. The Kier molecular flexibility index (Phi) is 6.38. The minimum atomic E-state index is -1.17. The fourth-order valence-corrected chi connectivity index (χ4v) is 3.92. The maximum absolute atomic E-state index is 13.2. The average molecular weight is 406 g/mol. The number of rotatable bonds is 5. The van der Waals surface area contributed by atoms with Crippen LogP contribution in [0.1, 0.15) is 61.0 Å². The summed E-state index contributed by atoms with van der Waals surface area (Å²) in [6.07, 6.45) is -0.714. The number of hydrogen-bond acceptors (Lipinski definition) is 4. The van der Waals surface area contributed by atoms with Crippen molar-refractivity contribution in [3.05, 3.63) is 35.9 Å². The molecular weight excluding hydrogens is 370 g/mol. The van der Waals surface area contributed by atoms with Gasteiger partial charge in [0.2, 0.25) is 0 Å². The van der Waals surface area contributed by atoms with Gasteiger partial charge in [-0.25, -0.2) is 4.79 Å². The number of ether oxygens (including phenoxy) is 2. The molecule has 1 saturated heterocycles. The van der Waals surface area contributed by atoms with Crippen molar-refractivity contribution in [3.8, 4) is 0 Å². The molecule has 1 fully saturated rings. The number of nitrogens with zero attached hydrogens (tertiary/aromatic N) is 1. The lowest BCUT2D eigenvalue weighted by Gasteiger charge is -2.38. The number of carboxylic acid groups (broad SMARTS) is 1. The van der Waals surface area contributed by atoms with E-state index in [9.17, 15) is 14.7 Å². The van der Waals surface area contributed by atoms with Gasteiger partial charge < -0.3 is 14.6 Å². The summed E-state index contributed by atoms with van der Waals surface area (Å²) in [5.41, 5.74) is -1.84. The van der Waals surface area contributed by atoms with E-state index in [2.05, 4.69) is 0 Å². The van der Waals surface area contributed by atoms with Gasteiger partial charge in [0.15, 0.2) is 0 Å². The summed E-state index contributed by atoms with van der Waals surface area (Å²) < 4.78 is 12.0. The molecule has 162 valence electrons. The summed E-state index contributed by atoms with van der Waals surface area (Å²) in [7, 11) is 0. The molecule has 0 bridgehead atoms. The van der Waals surface area contributed by atoms with Crippen molar-refractivity contribution >= 4 is 12.1 Å². The third-order valence-electron chi connectivity index (χ3n) is 5.81. The highest BCUT2D eigenvalue weighted by Gasteiger charge is 2.60. The monoisotopic (exact) mass is 405 g/mol. The van der Waals surface area contributed by atoms with E-state index in [1.54, 1.807) is 25.7 Å². The maximum Gasteiger partial charge on any atom is 0.412 e. The number of carbonyl (C=O) groups excluding carboxylic acids is 1. The molecule has 1 N–H and O–H groups in total. The molecule has 1 aromatic rings. The number of aliphatic carboxylic acids is 1. The Morgan fingerprint density at radius 1 is 1.17 bits per heavy atom. The van der Waals surface area contributed by atoms with Gasteiger partial charge in [0.05, 0.1) is 17.6 Å². The van der Waals surface area contributed by atoms with Gasteiger partial charge in [-0.1, -0.05) is 44.2 Å². The zero-order valence-electron chi connectivity index (χ0n) is 18.9. The molecule has 1 aromatic carbocycles. The van der Waals surface area contributed by atoms with E-state index in [4.69, 9.17) is 9.47 Å². The van der Waals surface area contributed by atoms with E-state index in [0.29, 0.717) is 6.42 Å². The van der Waals surface area contributed by atoms with Crippen molar-refractivity contribution in [3.63, 3.8) is 0 Å². The van der Waals surface area contributed by atoms with Crippen molar-refractivity contribution in [2.24, 2.45) is 11.3 Å². The number of carboxylic acids is 1. The standard InChI is InChI=1S/C23H35NO5/c1-15(2)23(8,19(25)26)18-17(14-16-12-10-9-11-13-16)24(22(6,7)28-18)20(27)29-21(3,4)5/h9-13,15,17-18H,14H2,1-8H3,(H,25,26)/t17-,18+,23?/m0/s1. The predicted octanol–water partition coefficient (Wildman–Crippen LogP) is 4.72. The van der Waals surface area contributed by atoms with Crippen molar-refractivity contribution in [1.29, 1.82) is 0 Å². The number of amides is 1. The van der Waals surface area contributed by atoms with Gasteiger partial charge in [-0.15, -0.1) is 0 Å². The number of benzene rings is 1. The quantitative estimate of drug-likeness (QED) is 0.767. The average Bonchev–Trinajstić information content (AvgIpc) is 2.83. The van der Waals surface area contributed by atoms with Crippen LogP contribution in [-0.2, 0) is 20.7 Å². The molecule has 1 heterocycles. The Hall–Kier alpha value is -2.08. The second-order valence-corrected chi connectivity index (χ2v) is 9.84. The van der Waals surface area contributed by atoms with Crippen LogP contribution < -0.4 is 0 Å². The predicted molar refractivity (Wildman–Crippen MR) is 112 cm³/mol. The number of carbonyl (C=O) groups is 2. The van der Waals surface area contributed by atoms with Gasteiger partial charge in [0.1, 0.15) is 11.3 Å². The van der Waals surface area contributed by atoms with E-state index in [-0.39, 0.29) is 5.92 Å². The summed E-state index contributed by atoms with van der Waals surface area (Å²) in [4.78, 5) is 27.1. The smallest absolute Gasteiger partial charge is 0.412 e. The van der Waals surface area contributed by atoms with E-state index in [0.717, 1.165) is 5.56 Å². The minimum Gasteiger partial charge on any atom is -0.481 e. The molecule has 6 nitrogen and oxygen atoms in total. The summed E-state index contributed by atoms with van der Waals surface area (Å²) in [6.45, 7) is 14.5. The van der Waals surface area contributed by atoms with Crippen molar-refractivity contribution in [2.75, 3.05) is 0 Å². The molecule has 3 atom stereocenters. The first-order valence-electron chi connectivity index (χ1n) is 10.2. The molecule has 0 radical (unpaired) electrons. The number of hydrogen-bond donors (Lipinski definition) is 1. The lowest BCUT2D eigenvalue weighted by atomic mass is 9.71. The minimum absolute atomic E-state index is 0.197. The fourth-order valence-electron chi connectivity index (χ4n) is 3.92. The lowest BCUT2D eigenvalue weighted by Crippen LogP contribution is -2.54. The largest absolute Gasteiger partial charge is 0.481 e. The van der Waals surface area contributed by atoms with Crippen LogP contribution in [0.3, 0.4) is 0 Å². The molecule has 1 unspecified atom stereocenters. The van der Waals surface area contributed by atoms with Crippen LogP contribution in [0.15, 0.2) is 30.3 Å². The molecule has 1 aliphatic heterocycles. The van der Waals surface area contributed by atoms with E-state index < -0.39 is 40.9 Å². The van der Waals surface area contributed by atoms with Crippen LogP contribution in [0, 0.1) is 11.3 Å². The van der Waals surface area contributed by atoms with Crippen LogP contribution in [0.5, 0.6) is 0 Å². The first-order chi connectivity index (χ1) is 13.2. The van der Waals surface area contributed by atoms with E-state index in [1.165, 1.54) is 0 Å². The molecule has 0 saturated carbocycles. The highest BCUT2D eigenvalue weighted by Crippen LogP contribution is 2.46. The van der Waals surface area contributed by atoms with Crippen LogP contribution in [0.25, 0.3) is 0 Å². The SMILES string of the molecule is CC(C)C(C)(C(=O)O)[C@@H]1OC(C)(C)N(C(=O)OC(C)(C)C)[C@H]1Cc1ccccc1. The first-order valence-corrected chi connectivity index (χ1v) is 10.2. The first kappa shape index (κ1) is 23.2.